The zero-order chi connectivity index (χ0) is 32.7. The fraction of sp³-hybridized carbons (Fsp3) is 0.0435. The Kier molecular flexibility index (Phi) is 12.4. The van der Waals surface area contributed by atoms with Crippen LogP contribution in [-0.4, -0.2) is 9.97 Å². The number of nitrogens with zero attached hydrogens (tertiary/aromatic N) is 2. The third kappa shape index (κ3) is 7.90. The van der Waals surface area contributed by atoms with Crippen LogP contribution in [0.5, 0.6) is 0 Å². The van der Waals surface area contributed by atoms with Crippen molar-refractivity contribution >= 4 is 0 Å². The first-order chi connectivity index (χ1) is 23.7. The summed E-state index contributed by atoms with van der Waals surface area (Å²) in [6.45, 7) is 0. The molecule has 2 nitrogen and oxygen atoms in total. The molecule has 9 rings (SSSR count). The molecule has 0 bridgehead atoms. The van der Waals surface area contributed by atoms with Gasteiger partial charge < -0.3 is 12.8 Å². The fourth-order valence-electron chi connectivity index (χ4n) is 6.48. The van der Waals surface area contributed by atoms with Crippen LogP contribution in [0.25, 0.3) is 44.5 Å². The molecule has 0 atom stereocenters. The quantitative estimate of drug-likeness (QED) is 0.0980. The van der Waals surface area contributed by atoms with E-state index in [0.29, 0.717) is 0 Å². The normalized spacial score (nSPS) is 10.7. The maximum absolute atomic E-state index is 7.12. The minimum absolute atomic E-state index is 0. The molecule has 2 heterocycles. The van der Waals surface area contributed by atoms with E-state index in [2.05, 4.69) is 119 Å². The number of hydrogen-bond acceptors (Lipinski definition) is 2. The third-order valence-corrected chi connectivity index (χ3v) is 8.75. The van der Waals surface area contributed by atoms with Crippen molar-refractivity contribution in [2.24, 2.45) is 0 Å². The van der Waals surface area contributed by atoms with Crippen molar-refractivity contribution in [1.29, 1.82) is 0 Å². The Bertz CT molecular complexity index is 2150. The second-order valence-electron chi connectivity index (χ2n) is 11.7. The van der Waals surface area contributed by atoms with Crippen molar-refractivity contribution in [2.75, 3.05) is 0 Å². The van der Waals surface area contributed by atoms with Gasteiger partial charge in [-0.25, -0.2) is 0 Å². The maximum Gasteiger partial charge on any atom is 1.00 e. The van der Waals surface area contributed by atoms with Gasteiger partial charge in [-0.05, 0) is 69.5 Å². The van der Waals surface area contributed by atoms with Crippen molar-refractivity contribution in [2.45, 2.75) is 12.8 Å². The van der Waals surface area contributed by atoms with E-state index in [-0.39, 0.29) is 44.8 Å². The molecule has 50 heavy (non-hydrogen) atoms. The molecule has 2 aliphatic carbocycles. The fourth-order valence-corrected chi connectivity index (χ4v) is 6.48. The second-order valence-corrected chi connectivity index (χ2v) is 11.7. The van der Waals surface area contributed by atoms with Crippen LogP contribution in [0.2, 0.25) is 0 Å². The number of pyridine rings is 2. The average molecular weight is 1000 g/mol. The molecule has 0 unspecified atom stereocenters. The summed E-state index contributed by atoms with van der Waals surface area (Å²) in [7, 11) is 0. The summed E-state index contributed by atoms with van der Waals surface area (Å²) in [5.74, 6) is 4.87. The van der Waals surface area contributed by atoms with Gasteiger partial charge in [0.25, 0.3) is 0 Å². The molecule has 0 aliphatic heterocycles. The third-order valence-electron chi connectivity index (χ3n) is 8.75. The smallest absolute Gasteiger partial charge is 0.366 e. The summed E-state index contributed by atoms with van der Waals surface area (Å²) in [6.07, 6.45) is 23.6. The second kappa shape index (κ2) is 17.1. The van der Waals surface area contributed by atoms with Crippen LogP contribution in [0.4, 0.5) is 0 Å². The average Bonchev–Trinajstić information content (AvgIpc) is 3.73. The first-order valence-electron chi connectivity index (χ1n) is 15.9. The zero-order valence-corrected chi connectivity index (χ0v) is 31.3. The molecule has 4 heteroatoms. The zero-order valence-electron chi connectivity index (χ0n) is 26.9. The van der Waals surface area contributed by atoms with E-state index in [0.717, 1.165) is 35.1 Å². The first-order valence-corrected chi connectivity index (χ1v) is 15.9. The van der Waals surface area contributed by atoms with Crippen LogP contribution >= 0.6 is 0 Å². The van der Waals surface area contributed by atoms with Gasteiger partial charge in [-0.2, -0.15) is 0 Å². The minimum atomic E-state index is 0. The summed E-state index contributed by atoms with van der Waals surface area (Å²) >= 11 is 0. The molecule has 2 aromatic heterocycles. The molecule has 0 fully saturated rings. The maximum atomic E-state index is 7.12. The topological polar surface area (TPSA) is 25.8 Å². The van der Waals surface area contributed by atoms with Gasteiger partial charge in [0.15, 0.2) is 0 Å². The number of benzene rings is 5. The predicted octanol–water partition coefficient (Wildman–Crippen LogP) is 10.2. The van der Waals surface area contributed by atoms with E-state index >= 15 is 0 Å². The van der Waals surface area contributed by atoms with Crippen LogP contribution in [0.1, 0.15) is 33.4 Å². The van der Waals surface area contributed by atoms with Crippen molar-refractivity contribution in [1.82, 2.24) is 9.97 Å². The molecule has 0 radical (unpaired) electrons. The van der Waals surface area contributed by atoms with Gasteiger partial charge in [-0.15, -0.1) is 35.4 Å². The molecule has 7 aromatic rings. The number of hydrogen-bond donors (Lipinski definition) is 0. The molecule has 0 amide bonds. The Morgan fingerprint density at radius 1 is 0.400 bits per heavy atom. The van der Waals surface area contributed by atoms with E-state index in [4.69, 9.17) is 12.8 Å². The van der Waals surface area contributed by atoms with Crippen LogP contribution in [0.3, 0.4) is 0 Å². The van der Waals surface area contributed by atoms with Gasteiger partial charge in [0.2, 0.25) is 0 Å². The molecule has 0 saturated carbocycles. The van der Waals surface area contributed by atoms with E-state index in [1.54, 1.807) is 12.4 Å². The molecule has 5 aromatic carbocycles. The summed E-state index contributed by atoms with van der Waals surface area (Å²) in [5.41, 5.74) is 17.0. The Balaban J connectivity index is 0.000000144. The van der Waals surface area contributed by atoms with Gasteiger partial charge in [0, 0.05) is 35.9 Å². The summed E-state index contributed by atoms with van der Waals surface area (Å²) in [5, 5.41) is 0. The van der Waals surface area contributed by atoms with Crippen molar-refractivity contribution in [3.05, 3.63) is 204 Å². The Labute approximate surface area is 326 Å². The summed E-state index contributed by atoms with van der Waals surface area (Å²) in [6, 6.07) is 45.5. The Hall–Kier alpha value is -5.00. The van der Waals surface area contributed by atoms with Crippen LogP contribution in [0, 0.1) is 24.7 Å². The summed E-state index contributed by atoms with van der Waals surface area (Å²) < 4.78 is 0. The van der Waals surface area contributed by atoms with Gasteiger partial charge in [-0.1, -0.05) is 108 Å². The largest absolute Gasteiger partial charge is 1.00 e. The monoisotopic (exact) mass is 1000 g/mol. The molecule has 246 valence electrons. The van der Waals surface area contributed by atoms with Crippen LogP contribution in [-0.2, 0) is 57.6 Å². The number of fused-ring (bicyclic) bond motifs is 6. The summed E-state index contributed by atoms with van der Waals surface area (Å²) in [4.78, 5) is 8.36. The van der Waals surface area contributed by atoms with E-state index in [1.165, 1.54) is 55.6 Å². The van der Waals surface area contributed by atoms with Crippen molar-refractivity contribution in [3.8, 4) is 56.3 Å². The Morgan fingerprint density at radius 2 is 0.780 bits per heavy atom. The SMILES string of the molecule is [Au+].[Au+].[C-]#Cc1ccc2c(c1)Cc1ccccc1-2.[C-]#Cc1ccc2c(c1)Cc1ccccc1-2.c1cncc(-c2ccccc2-c2cccnc2)c1. The molecule has 0 spiro atoms. The van der Waals surface area contributed by atoms with E-state index in [9.17, 15) is 0 Å². The van der Waals surface area contributed by atoms with Crippen molar-refractivity contribution < 1.29 is 44.8 Å². The predicted molar refractivity (Wildman–Crippen MR) is 195 cm³/mol. The van der Waals surface area contributed by atoms with Gasteiger partial charge in [-0.3, -0.25) is 21.8 Å². The molecule has 0 N–H and O–H groups in total. The molecular formula is C46H30Au2N2. The Morgan fingerprint density at radius 3 is 1.16 bits per heavy atom. The number of aromatic nitrogens is 2. The molecular weight excluding hydrogens is 974 g/mol. The van der Waals surface area contributed by atoms with Crippen molar-refractivity contribution in [3.63, 3.8) is 0 Å². The van der Waals surface area contributed by atoms with E-state index in [1.807, 2.05) is 48.8 Å². The van der Waals surface area contributed by atoms with Crippen LogP contribution < -0.4 is 0 Å². The van der Waals surface area contributed by atoms with E-state index < -0.39 is 0 Å². The van der Waals surface area contributed by atoms with Crippen LogP contribution in [0.15, 0.2) is 158 Å². The van der Waals surface area contributed by atoms with Gasteiger partial charge in [0.05, 0.1) is 0 Å². The minimum Gasteiger partial charge on any atom is -0.366 e. The number of rotatable bonds is 2. The van der Waals surface area contributed by atoms with Gasteiger partial charge >= 0.3 is 44.8 Å². The van der Waals surface area contributed by atoms with Gasteiger partial charge in [0.1, 0.15) is 0 Å². The molecule has 0 saturated heterocycles. The standard InChI is InChI=1S/C16H12N2.2C15H9.2Au/c1-2-8-16(14-6-4-10-18-12-14)15(7-1)13-5-3-9-17-11-13;2*1-2-11-7-8-15-13(9-11)10-12-5-3-4-6-14(12)15;;/h1-12H;2*3-9H,10H2;;/q;2*-1;2*+1. The first kappa shape index (κ1) is 36.3. The molecule has 2 aliphatic rings.